The maximum Gasteiger partial charge on any atom is 0.247 e. The quantitative estimate of drug-likeness (QED) is 0.324. The first-order valence-corrected chi connectivity index (χ1v) is 12.1. The van der Waals surface area contributed by atoms with Gasteiger partial charge in [0.15, 0.2) is 5.82 Å². The molecule has 0 spiro atoms. The van der Waals surface area contributed by atoms with Gasteiger partial charge in [0.1, 0.15) is 6.33 Å². The highest BCUT2D eigenvalue weighted by Gasteiger charge is 2.15. The molecule has 1 amide bonds. The Labute approximate surface area is 209 Å². The van der Waals surface area contributed by atoms with Crippen LogP contribution in [0.1, 0.15) is 5.56 Å². The van der Waals surface area contributed by atoms with Gasteiger partial charge in [-0.15, -0.1) is 11.3 Å². The van der Waals surface area contributed by atoms with Crippen LogP contribution in [0.4, 0.5) is 23.0 Å². The molecule has 9 heteroatoms. The molecule has 2 aromatic heterocycles. The van der Waals surface area contributed by atoms with Crippen LogP contribution in [-0.4, -0.2) is 60.0 Å². The number of rotatable bonds is 9. The number of nitrogens with one attached hydrogen (secondary N) is 2. The molecule has 0 atom stereocenters. The van der Waals surface area contributed by atoms with E-state index in [9.17, 15) is 4.79 Å². The second-order valence-corrected chi connectivity index (χ2v) is 9.42. The zero-order valence-electron chi connectivity index (χ0n) is 20.4. The van der Waals surface area contributed by atoms with Gasteiger partial charge in [0.05, 0.1) is 11.4 Å². The highest BCUT2D eigenvalue weighted by molar-refractivity contribution is 7.17. The fraction of sp³-hybridized carbons (Fsp3) is 0.231. The number of hydrogen-bond donors (Lipinski definition) is 2. The van der Waals surface area contributed by atoms with Crippen LogP contribution in [-0.2, 0) is 4.79 Å². The van der Waals surface area contributed by atoms with Crippen LogP contribution >= 0.6 is 11.3 Å². The minimum absolute atomic E-state index is 0.270. The number of benzene rings is 2. The highest BCUT2D eigenvalue weighted by atomic mass is 32.1. The van der Waals surface area contributed by atoms with Crippen molar-refractivity contribution in [1.82, 2.24) is 19.9 Å². The molecule has 2 N–H and O–H groups in total. The smallest absolute Gasteiger partial charge is 0.247 e. The molecule has 8 nitrogen and oxygen atoms in total. The first kappa shape index (κ1) is 24.3. The minimum atomic E-state index is -0.270. The van der Waals surface area contributed by atoms with Crippen molar-refractivity contribution in [2.24, 2.45) is 0 Å². The highest BCUT2D eigenvalue weighted by Crippen LogP contribution is 2.34. The number of thiophene rings is 1. The van der Waals surface area contributed by atoms with Gasteiger partial charge in [0.25, 0.3) is 0 Å². The Hall–Kier alpha value is -3.82. The number of hydrogen-bond acceptors (Lipinski definition) is 8. The van der Waals surface area contributed by atoms with E-state index in [1.807, 2.05) is 52.3 Å². The van der Waals surface area contributed by atoms with Crippen molar-refractivity contribution in [2.75, 3.05) is 49.8 Å². The van der Waals surface area contributed by atoms with E-state index in [2.05, 4.69) is 59.5 Å². The number of nitrogens with zero attached hydrogens (tertiary/aromatic N) is 5. The normalized spacial score (nSPS) is 11.0. The van der Waals surface area contributed by atoms with Crippen LogP contribution in [0.3, 0.4) is 0 Å². The molecule has 4 aromatic rings. The van der Waals surface area contributed by atoms with E-state index >= 15 is 0 Å². The van der Waals surface area contributed by atoms with Crippen molar-refractivity contribution in [3.8, 4) is 11.4 Å². The average Bonchev–Trinajstić information content (AvgIpc) is 3.28. The SMILES string of the molecule is C=CC(=O)Nc1cc(Nc2ncnc(-c3csc4ccccc34)n2)c(C)cc1N(C)CCN(C)C. The largest absolute Gasteiger partial charge is 0.372 e. The van der Waals surface area contributed by atoms with E-state index in [0.717, 1.165) is 41.0 Å². The van der Waals surface area contributed by atoms with E-state index in [1.165, 1.54) is 17.1 Å². The summed E-state index contributed by atoms with van der Waals surface area (Å²) >= 11 is 1.66. The molecule has 4 rings (SSSR count). The molecule has 0 radical (unpaired) electrons. The van der Waals surface area contributed by atoms with Crippen LogP contribution in [0.15, 0.2) is 60.8 Å². The lowest BCUT2D eigenvalue weighted by molar-refractivity contribution is -0.111. The van der Waals surface area contributed by atoms with Gasteiger partial charge in [0.2, 0.25) is 11.9 Å². The third kappa shape index (κ3) is 5.64. The number of aryl methyl sites for hydroxylation is 1. The van der Waals surface area contributed by atoms with Crippen LogP contribution in [0.25, 0.3) is 21.5 Å². The molecule has 0 saturated carbocycles. The van der Waals surface area contributed by atoms with Crippen LogP contribution < -0.4 is 15.5 Å². The molecular formula is C26H29N7OS. The van der Waals surface area contributed by atoms with Crippen LogP contribution in [0.2, 0.25) is 0 Å². The maximum absolute atomic E-state index is 12.2. The summed E-state index contributed by atoms with van der Waals surface area (Å²) in [7, 11) is 6.08. The van der Waals surface area contributed by atoms with Crippen molar-refractivity contribution >= 4 is 50.3 Å². The third-order valence-electron chi connectivity index (χ3n) is 5.62. The standard InChI is InChI=1S/C26H29N7OS/c1-6-24(34)29-21-14-20(17(2)13-22(21)33(5)12-11-32(3)4)30-26-28-16-27-25(31-26)19-15-35-23-10-8-7-9-18(19)23/h6-10,13-16H,1,11-12H2,2-5H3,(H,29,34)(H,27,28,30,31). The van der Waals surface area contributed by atoms with Gasteiger partial charge in [0, 0.05) is 46.9 Å². The molecule has 0 saturated heterocycles. The number of anilines is 4. The molecule has 0 aliphatic rings. The lowest BCUT2D eigenvalue weighted by Crippen LogP contribution is -2.29. The lowest BCUT2D eigenvalue weighted by Gasteiger charge is -2.25. The van der Waals surface area contributed by atoms with Crippen molar-refractivity contribution in [2.45, 2.75) is 6.92 Å². The summed E-state index contributed by atoms with van der Waals surface area (Å²) in [5.74, 6) is 0.773. The predicted octanol–water partition coefficient (Wildman–Crippen LogP) is 4.93. The molecule has 2 aromatic carbocycles. The summed E-state index contributed by atoms with van der Waals surface area (Å²) in [5.41, 5.74) is 4.37. The average molecular weight is 488 g/mol. The summed E-state index contributed by atoms with van der Waals surface area (Å²) in [6, 6.07) is 12.1. The second-order valence-electron chi connectivity index (χ2n) is 8.51. The Bertz CT molecular complexity index is 1370. The Morgan fingerprint density at radius 2 is 1.91 bits per heavy atom. The number of carbonyl (C=O) groups excluding carboxylic acids is 1. The van der Waals surface area contributed by atoms with Crippen molar-refractivity contribution in [3.05, 3.63) is 66.3 Å². The van der Waals surface area contributed by atoms with E-state index in [1.54, 1.807) is 11.3 Å². The number of carbonyl (C=O) groups is 1. The zero-order chi connectivity index (χ0) is 24.9. The van der Waals surface area contributed by atoms with Gasteiger partial charge in [-0.05, 0) is 50.9 Å². The first-order valence-electron chi connectivity index (χ1n) is 11.2. The third-order valence-corrected chi connectivity index (χ3v) is 6.58. The van der Waals surface area contributed by atoms with E-state index in [4.69, 9.17) is 0 Å². The Balaban J connectivity index is 1.66. The van der Waals surface area contributed by atoms with E-state index in [-0.39, 0.29) is 5.91 Å². The van der Waals surface area contributed by atoms with Crippen molar-refractivity contribution in [3.63, 3.8) is 0 Å². The number of amides is 1. The van der Waals surface area contributed by atoms with Crippen molar-refractivity contribution < 1.29 is 4.79 Å². The van der Waals surface area contributed by atoms with Gasteiger partial charge in [-0.25, -0.2) is 9.97 Å². The summed E-state index contributed by atoms with van der Waals surface area (Å²) in [5, 5.41) is 9.42. The summed E-state index contributed by atoms with van der Waals surface area (Å²) in [6.07, 6.45) is 2.77. The lowest BCUT2D eigenvalue weighted by atomic mass is 10.1. The van der Waals surface area contributed by atoms with Crippen LogP contribution in [0.5, 0.6) is 0 Å². The first-order chi connectivity index (χ1) is 16.9. The zero-order valence-corrected chi connectivity index (χ0v) is 21.2. The minimum Gasteiger partial charge on any atom is -0.372 e. The van der Waals surface area contributed by atoms with Crippen LogP contribution in [0, 0.1) is 6.92 Å². The second kappa shape index (κ2) is 10.6. The Kier molecular flexibility index (Phi) is 7.38. The molecule has 2 heterocycles. The Morgan fingerprint density at radius 1 is 1.11 bits per heavy atom. The van der Waals surface area contributed by atoms with Gasteiger partial charge >= 0.3 is 0 Å². The molecule has 0 fully saturated rings. The summed E-state index contributed by atoms with van der Waals surface area (Å²) < 4.78 is 1.19. The van der Waals surface area contributed by atoms with E-state index < -0.39 is 0 Å². The Morgan fingerprint density at radius 3 is 2.69 bits per heavy atom. The molecule has 0 aliphatic carbocycles. The van der Waals surface area contributed by atoms with Gasteiger partial charge in [-0.3, -0.25) is 4.79 Å². The van der Waals surface area contributed by atoms with Crippen molar-refractivity contribution in [1.29, 1.82) is 0 Å². The number of fused-ring (bicyclic) bond motifs is 1. The molecule has 0 aliphatic heterocycles. The van der Waals surface area contributed by atoms with Gasteiger partial charge in [-0.1, -0.05) is 24.8 Å². The van der Waals surface area contributed by atoms with Gasteiger partial charge in [-0.2, -0.15) is 4.98 Å². The summed E-state index contributed by atoms with van der Waals surface area (Å²) in [4.78, 5) is 29.8. The fourth-order valence-electron chi connectivity index (χ4n) is 3.66. The molecule has 0 unspecified atom stereocenters. The monoisotopic (exact) mass is 487 g/mol. The molecular weight excluding hydrogens is 458 g/mol. The molecule has 0 bridgehead atoms. The molecule has 180 valence electrons. The number of likely N-dealkylation sites (N-methyl/N-ethyl adjacent to an activating group) is 2. The number of aromatic nitrogens is 3. The molecule has 35 heavy (non-hydrogen) atoms. The maximum atomic E-state index is 12.2. The fourth-order valence-corrected chi connectivity index (χ4v) is 4.59. The van der Waals surface area contributed by atoms with E-state index in [0.29, 0.717) is 17.5 Å². The summed E-state index contributed by atoms with van der Waals surface area (Å²) in [6.45, 7) is 7.28. The van der Waals surface area contributed by atoms with Gasteiger partial charge < -0.3 is 20.4 Å². The topological polar surface area (TPSA) is 86.3 Å². The predicted molar refractivity (Wildman–Crippen MR) is 146 cm³/mol.